The maximum atomic E-state index is 8.41. The molecule has 1 aromatic rings. The lowest BCUT2D eigenvalue weighted by molar-refractivity contribution is 0.702. The number of hydrogen-bond donors (Lipinski definition) is 0. The summed E-state index contributed by atoms with van der Waals surface area (Å²) in [5.41, 5.74) is 0. The lowest BCUT2D eigenvalue weighted by atomic mass is 10.3. The van der Waals surface area contributed by atoms with Crippen molar-refractivity contribution in [3.8, 4) is 6.07 Å². The standard InChI is InChI=1S/C11H16N4S/c1-3-8-15-10(2)13-14-11(15)16-9-6-4-5-7-12/h3H,1,4-6,8-9H2,2H3. The first-order chi connectivity index (χ1) is 7.79. The molecule has 1 heterocycles. The maximum absolute atomic E-state index is 8.41. The normalized spacial score (nSPS) is 10.0. The van der Waals surface area contributed by atoms with Crippen LogP contribution >= 0.6 is 11.8 Å². The molecule has 0 amide bonds. The monoisotopic (exact) mass is 236 g/mol. The lowest BCUT2D eigenvalue weighted by Crippen LogP contribution is -2.00. The van der Waals surface area contributed by atoms with Crippen LogP contribution < -0.4 is 0 Å². The van der Waals surface area contributed by atoms with E-state index in [2.05, 4.69) is 22.8 Å². The second kappa shape index (κ2) is 7.07. The number of thioether (sulfide) groups is 1. The van der Waals surface area contributed by atoms with Gasteiger partial charge in [0.1, 0.15) is 5.82 Å². The van der Waals surface area contributed by atoms with Gasteiger partial charge in [0.25, 0.3) is 0 Å². The predicted molar refractivity (Wildman–Crippen MR) is 65.1 cm³/mol. The largest absolute Gasteiger partial charge is 0.302 e. The van der Waals surface area contributed by atoms with E-state index in [0.717, 1.165) is 36.1 Å². The lowest BCUT2D eigenvalue weighted by Gasteiger charge is -2.04. The van der Waals surface area contributed by atoms with Crippen LogP contribution in [0.3, 0.4) is 0 Å². The summed E-state index contributed by atoms with van der Waals surface area (Å²) in [7, 11) is 0. The highest BCUT2D eigenvalue weighted by molar-refractivity contribution is 7.99. The van der Waals surface area contributed by atoms with Gasteiger partial charge in [-0.1, -0.05) is 17.8 Å². The third-order valence-corrected chi connectivity index (χ3v) is 3.18. The van der Waals surface area contributed by atoms with Crippen LogP contribution in [0, 0.1) is 18.3 Å². The van der Waals surface area contributed by atoms with Gasteiger partial charge in [-0.15, -0.1) is 16.8 Å². The van der Waals surface area contributed by atoms with Crippen LogP contribution in [-0.4, -0.2) is 20.5 Å². The van der Waals surface area contributed by atoms with Crippen molar-refractivity contribution >= 4 is 11.8 Å². The zero-order chi connectivity index (χ0) is 11.8. The molecule has 86 valence electrons. The van der Waals surface area contributed by atoms with E-state index in [0.29, 0.717) is 6.42 Å². The fourth-order valence-electron chi connectivity index (χ4n) is 1.28. The molecular weight excluding hydrogens is 220 g/mol. The Kier molecular flexibility index (Phi) is 5.65. The fourth-order valence-corrected chi connectivity index (χ4v) is 2.27. The molecule has 16 heavy (non-hydrogen) atoms. The van der Waals surface area contributed by atoms with E-state index < -0.39 is 0 Å². The van der Waals surface area contributed by atoms with Gasteiger partial charge < -0.3 is 4.57 Å². The van der Waals surface area contributed by atoms with Gasteiger partial charge in [0.2, 0.25) is 0 Å². The summed E-state index contributed by atoms with van der Waals surface area (Å²) in [5.74, 6) is 1.90. The third kappa shape index (κ3) is 3.70. The second-order valence-corrected chi connectivity index (χ2v) is 4.45. The molecule has 0 spiro atoms. The first-order valence-electron chi connectivity index (χ1n) is 5.30. The summed E-state index contributed by atoms with van der Waals surface area (Å²) < 4.78 is 2.04. The van der Waals surface area contributed by atoms with Crippen molar-refractivity contribution in [2.75, 3.05) is 5.75 Å². The molecule has 0 unspecified atom stereocenters. The Hall–Kier alpha value is -1.28. The Morgan fingerprint density at radius 1 is 1.50 bits per heavy atom. The van der Waals surface area contributed by atoms with Crippen LogP contribution in [-0.2, 0) is 6.54 Å². The Bertz CT molecular complexity index is 378. The molecule has 0 aliphatic carbocycles. The van der Waals surface area contributed by atoms with Crippen molar-refractivity contribution in [3.05, 3.63) is 18.5 Å². The molecule has 5 heteroatoms. The summed E-state index contributed by atoms with van der Waals surface area (Å²) >= 11 is 1.69. The average Bonchev–Trinajstić information content (AvgIpc) is 2.62. The van der Waals surface area contributed by atoms with Gasteiger partial charge in [-0.2, -0.15) is 5.26 Å². The second-order valence-electron chi connectivity index (χ2n) is 3.39. The van der Waals surface area contributed by atoms with Crippen molar-refractivity contribution in [2.45, 2.75) is 37.9 Å². The molecule has 0 bridgehead atoms. The number of aromatic nitrogens is 3. The zero-order valence-electron chi connectivity index (χ0n) is 9.52. The van der Waals surface area contributed by atoms with Gasteiger partial charge in [0.05, 0.1) is 6.07 Å². The molecule has 0 aromatic carbocycles. The topological polar surface area (TPSA) is 54.5 Å². The Morgan fingerprint density at radius 3 is 3.00 bits per heavy atom. The molecule has 1 aromatic heterocycles. The van der Waals surface area contributed by atoms with E-state index in [-0.39, 0.29) is 0 Å². The highest BCUT2D eigenvalue weighted by Crippen LogP contribution is 2.18. The van der Waals surface area contributed by atoms with Gasteiger partial charge in [-0.05, 0) is 19.8 Å². The number of aryl methyl sites for hydroxylation is 1. The first kappa shape index (κ1) is 12.8. The number of rotatable bonds is 7. The van der Waals surface area contributed by atoms with E-state index in [1.165, 1.54) is 0 Å². The van der Waals surface area contributed by atoms with Crippen LogP contribution in [0.15, 0.2) is 17.8 Å². The van der Waals surface area contributed by atoms with Crippen LogP contribution in [0.4, 0.5) is 0 Å². The van der Waals surface area contributed by atoms with E-state index in [9.17, 15) is 0 Å². The van der Waals surface area contributed by atoms with E-state index >= 15 is 0 Å². The zero-order valence-corrected chi connectivity index (χ0v) is 10.3. The van der Waals surface area contributed by atoms with Gasteiger partial charge in [-0.25, -0.2) is 0 Å². The molecule has 0 aliphatic heterocycles. The number of nitriles is 1. The molecule has 0 aliphatic rings. The van der Waals surface area contributed by atoms with Crippen molar-refractivity contribution < 1.29 is 0 Å². The molecule has 0 atom stereocenters. The van der Waals surface area contributed by atoms with Crippen molar-refractivity contribution in [1.82, 2.24) is 14.8 Å². The summed E-state index contributed by atoms with van der Waals surface area (Å²) in [6, 6.07) is 2.15. The number of allylic oxidation sites excluding steroid dienone is 1. The third-order valence-electron chi connectivity index (χ3n) is 2.13. The minimum atomic E-state index is 0.638. The summed E-state index contributed by atoms with van der Waals surface area (Å²) in [6.45, 7) is 6.41. The summed E-state index contributed by atoms with van der Waals surface area (Å²) in [5, 5.41) is 17.5. The SMILES string of the molecule is C=CCn1c(C)nnc1SCCCCC#N. The molecule has 0 N–H and O–H groups in total. The Morgan fingerprint density at radius 2 is 2.31 bits per heavy atom. The molecule has 0 fully saturated rings. The molecular formula is C11H16N4S. The van der Waals surface area contributed by atoms with E-state index in [4.69, 9.17) is 5.26 Å². The van der Waals surface area contributed by atoms with Crippen LogP contribution in [0.2, 0.25) is 0 Å². The van der Waals surface area contributed by atoms with Crippen molar-refractivity contribution in [3.63, 3.8) is 0 Å². The van der Waals surface area contributed by atoms with E-state index in [1.807, 2.05) is 17.6 Å². The van der Waals surface area contributed by atoms with Gasteiger partial charge in [0, 0.05) is 18.7 Å². The van der Waals surface area contributed by atoms with Crippen molar-refractivity contribution in [1.29, 1.82) is 5.26 Å². The van der Waals surface area contributed by atoms with Crippen molar-refractivity contribution in [2.24, 2.45) is 0 Å². The first-order valence-corrected chi connectivity index (χ1v) is 6.28. The van der Waals surface area contributed by atoms with Crippen LogP contribution in [0.25, 0.3) is 0 Å². The molecule has 1 rings (SSSR count). The van der Waals surface area contributed by atoms with E-state index in [1.54, 1.807) is 11.8 Å². The number of unbranched alkanes of at least 4 members (excludes halogenated alkanes) is 2. The van der Waals surface area contributed by atoms with Crippen LogP contribution in [0.1, 0.15) is 25.1 Å². The average molecular weight is 236 g/mol. The highest BCUT2D eigenvalue weighted by atomic mass is 32.2. The minimum absolute atomic E-state index is 0.638. The maximum Gasteiger partial charge on any atom is 0.191 e. The predicted octanol–water partition coefficient (Wildman–Crippen LogP) is 2.56. The number of nitrogens with zero attached hydrogens (tertiary/aromatic N) is 4. The smallest absolute Gasteiger partial charge is 0.191 e. The fraction of sp³-hybridized carbons (Fsp3) is 0.545. The quantitative estimate of drug-likeness (QED) is 0.415. The molecule has 4 nitrogen and oxygen atoms in total. The van der Waals surface area contributed by atoms with Gasteiger partial charge in [-0.3, -0.25) is 0 Å². The molecule has 0 saturated carbocycles. The summed E-state index contributed by atoms with van der Waals surface area (Å²) in [4.78, 5) is 0. The Balaban J connectivity index is 2.41. The van der Waals surface area contributed by atoms with Gasteiger partial charge in [0.15, 0.2) is 5.16 Å². The Labute approximate surface area is 100 Å². The molecule has 0 saturated heterocycles. The van der Waals surface area contributed by atoms with Gasteiger partial charge >= 0.3 is 0 Å². The highest BCUT2D eigenvalue weighted by Gasteiger charge is 2.07. The minimum Gasteiger partial charge on any atom is -0.302 e. The summed E-state index contributed by atoms with van der Waals surface area (Å²) in [6.07, 6.45) is 4.48. The number of hydrogen-bond acceptors (Lipinski definition) is 4. The molecule has 0 radical (unpaired) electrons. The van der Waals surface area contributed by atoms with Crippen LogP contribution in [0.5, 0.6) is 0 Å².